The van der Waals surface area contributed by atoms with Crippen LogP contribution in [0.1, 0.15) is 36.7 Å². The SMILES string of the molecule is Cc1nn(C)c2nc(CN3CCN(c4cc(Cl)nc(Cl)c4)C3=NC#N)cc(C(C)C)c12. The molecule has 160 valence electrons. The van der Waals surface area contributed by atoms with E-state index in [1.165, 1.54) is 5.56 Å². The number of hydrogen-bond acceptors (Lipinski definition) is 5. The number of nitriles is 1. The van der Waals surface area contributed by atoms with Crippen LogP contribution in [0.25, 0.3) is 11.0 Å². The second kappa shape index (κ2) is 8.33. The van der Waals surface area contributed by atoms with Gasteiger partial charge in [0.1, 0.15) is 10.3 Å². The van der Waals surface area contributed by atoms with Crippen LogP contribution in [0.3, 0.4) is 0 Å². The molecule has 1 saturated heterocycles. The predicted octanol–water partition coefficient (Wildman–Crippen LogP) is 4.26. The number of nitrogens with zero attached hydrogens (tertiary/aromatic N) is 8. The number of fused-ring (bicyclic) bond motifs is 1. The van der Waals surface area contributed by atoms with Crippen LogP contribution >= 0.6 is 23.2 Å². The standard InChI is InChI=1S/C21H22Cl2N8/c1-12(2)16-7-14(26-20-19(16)13(3)28-29(20)4)10-30-5-6-31(21(30)25-11-24)15-8-17(22)27-18(23)9-15/h7-9,12H,5-6,10H2,1-4H3. The summed E-state index contributed by atoms with van der Waals surface area (Å²) in [6.07, 6.45) is 1.91. The van der Waals surface area contributed by atoms with Gasteiger partial charge in [-0.3, -0.25) is 4.68 Å². The Morgan fingerprint density at radius 3 is 2.52 bits per heavy atom. The molecule has 0 radical (unpaired) electrons. The van der Waals surface area contributed by atoms with Gasteiger partial charge in [0, 0.05) is 31.2 Å². The Morgan fingerprint density at radius 2 is 1.87 bits per heavy atom. The summed E-state index contributed by atoms with van der Waals surface area (Å²) in [6, 6.07) is 5.56. The zero-order valence-corrected chi connectivity index (χ0v) is 19.3. The van der Waals surface area contributed by atoms with Crippen molar-refractivity contribution in [3.63, 3.8) is 0 Å². The first kappa shape index (κ1) is 21.3. The third-order valence-corrected chi connectivity index (χ3v) is 5.74. The molecule has 0 aliphatic carbocycles. The van der Waals surface area contributed by atoms with Crippen molar-refractivity contribution in [1.82, 2.24) is 24.6 Å². The predicted molar refractivity (Wildman–Crippen MR) is 122 cm³/mol. The highest BCUT2D eigenvalue weighted by Gasteiger charge is 2.29. The number of anilines is 1. The first-order valence-corrected chi connectivity index (χ1v) is 10.7. The molecule has 10 heteroatoms. The van der Waals surface area contributed by atoms with Gasteiger partial charge in [0.05, 0.1) is 17.9 Å². The number of guanidine groups is 1. The highest BCUT2D eigenvalue weighted by molar-refractivity contribution is 6.33. The molecule has 0 N–H and O–H groups in total. The molecule has 1 fully saturated rings. The maximum atomic E-state index is 9.30. The monoisotopic (exact) mass is 456 g/mol. The topological polar surface area (TPSA) is 86.2 Å². The largest absolute Gasteiger partial charge is 0.334 e. The quantitative estimate of drug-likeness (QED) is 0.430. The second-order valence-corrected chi connectivity index (χ2v) is 8.60. The molecule has 0 amide bonds. The molecule has 0 atom stereocenters. The molecule has 8 nitrogen and oxygen atoms in total. The fourth-order valence-electron chi connectivity index (χ4n) is 4.03. The number of aromatic nitrogens is 4. The van der Waals surface area contributed by atoms with Gasteiger partial charge in [0.25, 0.3) is 0 Å². The maximum Gasteiger partial charge on any atom is 0.217 e. The van der Waals surface area contributed by atoms with Crippen molar-refractivity contribution in [1.29, 1.82) is 5.26 Å². The van der Waals surface area contributed by atoms with Crippen molar-refractivity contribution in [2.45, 2.75) is 33.2 Å². The summed E-state index contributed by atoms with van der Waals surface area (Å²) in [5.74, 6) is 0.866. The molecule has 4 rings (SSSR count). The zero-order chi connectivity index (χ0) is 22.3. The summed E-state index contributed by atoms with van der Waals surface area (Å²) < 4.78 is 1.82. The minimum atomic E-state index is 0.289. The number of halogens is 2. The molecule has 4 heterocycles. The van der Waals surface area contributed by atoms with Crippen molar-refractivity contribution in [3.05, 3.63) is 45.5 Å². The summed E-state index contributed by atoms with van der Waals surface area (Å²) in [6.45, 7) is 8.19. The van der Waals surface area contributed by atoms with E-state index < -0.39 is 0 Å². The minimum Gasteiger partial charge on any atom is -0.334 e. The van der Waals surface area contributed by atoms with Gasteiger partial charge in [-0.05, 0) is 36.6 Å². The number of hydrogen-bond donors (Lipinski definition) is 0. The Morgan fingerprint density at radius 1 is 1.16 bits per heavy atom. The van der Waals surface area contributed by atoms with Crippen molar-refractivity contribution < 1.29 is 0 Å². The van der Waals surface area contributed by atoms with E-state index in [1.54, 1.807) is 12.1 Å². The molecule has 3 aromatic heterocycles. The second-order valence-electron chi connectivity index (χ2n) is 7.82. The Kier molecular flexibility index (Phi) is 5.73. The Labute approximate surface area is 190 Å². The molecule has 0 spiro atoms. The van der Waals surface area contributed by atoms with E-state index in [1.807, 2.05) is 34.6 Å². The van der Waals surface area contributed by atoms with E-state index in [0.29, 0.717) is 31.5 Å². The highest BCUT2D eigenvalue weighted by Crippen LogP contribution is 2.30. The number of pyridine rings is 2. The number of aliphatic imine (C=N–C) groups is 1. The summed E-state index contributed by atoms with van der Waals surface area (Å²) in [5, 5.41) is 15.5. The van der Waals surface area contributed by atoms with Gasteiger partial charge in [-0.15, -0.1) is 4.99 Å². The Balaban J connectivity index is 1.71. The van der Waals surface area contributed by atoms with Crippen molar-refractivity contribution in [2.75, 3.05) is 18.0 Å². The first-order chi connectivity index (χ1) is 14.8. The molecule has 0 saturated carbocycles. The molecule has 0 unspecified atom stereocenters. The van der Waals surface area contributed by atoms with Crippen LogP contribution in [-0.4, -0.2) is 43.7 Å². The molecule has 31 heavy (non-hydrogen) atoms. The lowest BCUT2D eigenvalue weighted by Gasteiger charge is -2.22. The molecule has 3 aromatic rings. The third kappa shape index (κ3) is 4.03. The Hall–Kier alpha value is -2.89. The average Bonchev–Trinajstić information content (AvgIpc) is 3.21. The third-order valence-electron chi connectivity index (χ3n) is 5.35. The van der Waals surface area contributed by atoms with E-state index in [-0.39, 0.29) is 10.3 Å². The lowest BCUT2D eigenvalue weighted by Crippen LogP contribution is -2.33. The molecule has 0 aromatic carbocycles. The van der Waals surface area contributed by atoms with Gasteiger partial charge < -0.3 is 9.80 Å². The smallest absolute Gasteiger partial charge is 0.217 e. The fourth-order valence-corrected chi connectivity index (χ4v) is 4.48. The van der Waals surface area contributed by atoms with E-state index in [2.05, 4.69) is 35.0 Å². The van der Waals surface area contributed by atoms with E-state index >= 15 is 0 Å². The molecule has 1 aliphatic heterocycles. The first-order valence-electron chi connectivity index (χ1n) is 9.94. The zero-order valence-electron chi connectivity index (χ0n) is 17.8. The van der Waals surface area contributed by atoms with Crippen molar-refractivity contribution >= 4 is 45.9 Å². The van der Waals surface area contributed by atoms with Gasteiger partial charge in [0.2, 0.25) is 12.2 Å². The van der Waals surface area contributed by atoms with Gasteiger partial charge in [-0.2, -0.15) is 10.4 Å². The lowest BCUT2D eigenvalue weighted by molar-refractivity contribution is 0.450. The van der Waals surface area contributed by atoms with E-state index in [4.69, 9.17) is 28.2 Å². The van der Waals surface area contributed by atoms with Gasteiger partial charge in [0.15, 0.2) is 5.65 Å². The van der Waals surface area contributed by atoms with Crippen LogP contribution in [0.4, 0.5) is 5.69 Å². The van der Waals surface area contributed by atoms with Crippen molar-refractivity contribution in [3.8, 4) is 6.19 Å². The van der Waals surface area contributed by atoms with Gasteiger partial charge in [-0.25, -0.2) is 9.97 Å². The van der Waals surface area contributed by atoms with Crippen LogP contribution in [0.15, 0.2) is 23.2 Å². The summed E-state index contributed by atoms with van der Waals surface area (Å²) in [4.78, 5) is 16.9. The highest BCUT2D eigenvalue weighted by atomic mass is 35.5. The van der Waals surface area contributed by atoms with Gasteiger partial charge >= 0.3 is 0 Å². The minimum absolute atomic E-state index is 0.289. The van der Waals surface area contributed by atoms with E-state index in [9.17, 15) is 5.26 Å². The number of rotatable bonds is 4. The molecular formula is C21H22Cl2N8. The average molecular weight is 457 g/mol. The fraction of sp³-hybridized carbons (Fsp3) is 0.381. The summed E-state index contributed by atoms with van der Waals surface area (Å²) >= 11 is 12.2. The maximum absolute atomic E-state index is 9.30. The van der Waals surface area contributed by atoms with Crippen LogP contribution in [0, 0.1) is 18.4 Å². The summed E-state index contributed by atoms with van der Waals surface area (Å²) in [7, 11) is 1.91. The summed E-state index contributed by atoms with van der Waals surface area (Å²) in [5.41, 5.74) is 4.70. The lowest BCUT2D eigenvalue weighted by atomic mass is 9.99. The van der Waals surface area contributed by atoms with Crippen LogP contribution in [0.5, 0.6) is 0 Å². The van der Waals surface area contributed by atoms with Gasteiger partial charge in [-0.1, -0.05) is 37.0 Å². The van der Waals surface area contributed by atoms with E-state index in [0.717, 1.165) is 28.1 Å². The molecule has 1 aliphatic rings. The molecular weight excluding hydrogens is 435 g/mol. The van der Waals surface area contributed by atoms with Crippen molar-refractivity contribution in [2.24, 2.45) is 12.0 Å². The molecule has 0 bridgehead atoms. The van der Waals surface area contributed by atoms with Crippen LogP contribution < -0.4 is 4.90 Å². The van der Waals surface area contributed by atoms with Crippen LogP contribution in [-0.2, 0) is 13.6 Å². The normalized spacial score (nSPS) is 15.5. The van der Waals surface area contributed by atoms with Crippen LogP contribution in [0.2, 0.25) is 10.3 Å². The number of aryl methyl sites for hydroxylation is 2. The Bertz CT molecular complexity index is 1200.